The first-order valence-corrected chi connectivity index (χ1v) is 11.5. The van der Waals surface area contributed by atoms with Crippen LogP contribution >= 0.6 is 0 Å². The van der Waals surface area contributed by atoms with Gasteiger partial charge in [-0.15, -0.1) is 0 Å². The van der Waals surface area contributed by atoms with Crippen molar-refractivity contribution in [2.24, 2.45) is 5.10 Å². The summed E-state index contributed by atoms with van der Waals surface area (Å²) in [5.41, 5.74) is 5.53. The lowest BCUT2D eigenvalue weighted by Crippen LogP contribution is -2.40. The maximum Gasteiger partial charge on any atom is 0.267 e. The van der Waals surface area contributed by atoms with E-state index >= 15 is 0 Å². The minimum Gasteiger partial charge on any atom is -0.351 e. The van der Waals surface area contributed by atoms with Crippen LogP contribution in [0.4, 0.5) is 5.69 Å². The Morgan fingerprint density at radius 2 is 1.82 bits per heavy atom. The van der Waals surface area contributed by atoms with E-state index in [0.717, 1.165) is 24.1 Å². The molecular formula is C26H30N4O3. The highest BCUT2D eigenvalue weighted by molar-refractivity contribution is 6.40. The average molecular weight is 447 g/mol. The molecule has 4 rings (SSSR count). The van der Waals surface area contributed by atoms with Crippen molar-refractivity contribution in [3.8, 4) is 0 Å². The van der Waals surface area contributed by atoms with Crippen molar-refractivity contribution in [1.29, 1.82) is 0 Å². The summed E-state index contributed by atoms with van der Waals surface area (Å²) >= 11 is 0. The van der Waals surface area contributed by atoms with E-state index in [0.29, 0.717) is 43.8 Å². The fourth-order valence-electron chi connectivity index (χ4n) is 4.26. The van der Waals surface area contributed by atoms with Gasteiger partial charge in [0, 0.05) is 38.9 Å². The first-order chi connectivity index (χ1) is 15.9. The van der Waals surface area contributed by atoms with Crippen molar-refractivity contribution < 1.29 is 14.4 Å². The third kappa shape index (κ3) is 5.30. The zero-order chi connectivity index (χ0) is 23.4. The van der Waals surface area contributed by atoms with Gasteiger partial charge < -0.3 is 10.2 Å². The van der Waals surface area contributed by atoms with Gasteiger partial charge in [0.2, 0.25) is 11.8 Å². The summed E-state index contributed by atoms with van der Waals surface area (Å²) in [4.78, 5) is 39.6. The van der Waals surface area contributed by atoms with E-state index in [1.165, 1.54) is 16.1 Å². The third-order valence-electron chi connectivity index (χ3n) is 6.22. The highest BCUT2D eigenvalue weighted by atomic mass is 16.2. The van der Waals surface area contributed by atoms with Crippen molar-refractivity contribution >= 4 is 29.1 Å². The molecule has 33 heavy (non-hydrogen) atoms. The van der Waals surface area contributed by atoms with E-state index in [2.05, 4.69) is 22.6 Å². The Morgan fingerprint density at radius 1 is 1.03 bits per heavy atom. The molecule has 0 spiro atoms. The molecule has 2 aliphatic heterocycles. The van der Waals surface area contributed by atoms with Crippen LogP contribution in [0.25, 0.3) is 0 Å². The molecule has 0 aromatic heterocycles. The molecule has 2 aromatic carbocycles. The number of carbonyl (C=O) groups is 3. The SMILES string of the molecule is Cc1ccc(C)c(N2N=C(C(=O)NCCCC(=O)N3CCc4ccccc4C3)CCC2=O)c1. The lowest BCUT2D eigenvalue weighted by atomic mass is 9.99. The summed E-state index contributed by atoms with van der Waals surface area (Å²) in [6.45, 7) is 5.66. The number of anilines is 1. The van der Waals surface area contributed by atoms with Crippen molar-refractivity contribution in [1.82, 2.24) is 10.2 Å². The Labute approximate surface area is 194 Å². The molecule has 0 saturated heterocycles. The first-order valence-electron chi connectivity index (χ1n) is 11.5. The van der Waals surface area contributed by atoms with E-state index in [4.69, 9.17) is 0 Å². The highest BCUT2D eigenvalue weighted by Gasteiger charge is 2.26. The van der Waals surface area contributed by atoms with Crippen LogP contribution < -0.4 is 10.3 Å². The van der Waals surface area contributed by atoms with Gasteiger partial charge in [0.1, 0.15) is 5.71 Å². The number of fused-ring (bicyclic) bond motifs is 1. The summed E-state index contributed by atoms with van der Waals surface area (Å²) < 4.78 is 0. The number of nitrogens with zero attached hydrogens (tertiary/aromatic N) is 3. The van der Waals surface area contributed by atoms with Gasteiger partial charge >= 0.3 is 0 Å². The highest BCUT2D eigenvalue weighted by Crippen LogP contribution is 2.25. The van der Waals surface area contributed by atoms with Gasteiger partial charge in [-0.1, -0.05) is 36.4 Å². The van der Waals surface area contributed by atoms with Crippen molar-refractivity contribution in [3.63, 3.8) is 0 Å². The molecule has 0 bridgehead atoms. The van der Waals surface area contributed by atoms with Crippen LogP contribution in [0.3, 0.4) is 0 Å². The predicted octanol–water partition coefficient (Wildman–Crippen LogP) is 3.27. The molecule has 0 fully saturated rings. The lowest BCUT2D eigenvalue weighted by molar-refractivity contribution is -0.132. The largest absolute Gasteiger partial charge is 0.351 e. The summed E-state index contributed by atoms with van der Waals surface area (Å²) in [5.74, 6) is -0.286. The molecule has 7 heteroatoms. The number of hydrogen-bond acceptors (Lipinski definition) is 4. The van der Waals surface area contributed by atoms with Gasteiger partial charge in [-0.3, -0.25) is 14.4 Å². The minimum atomic E-state index is -0.280. The second kappa shape index (κ2) is 9.98. The molecule has 2 aromatic rings. The quantitative estimate of drug-likeness (QED) is 0.692. The van der Waals surface area contributed by atoms with E-state index in [9.17, 15) is 14.4 Å². The zero-order valence-electron chi connectivity index (χ0n) is 19.3. The van der Waals surface area contributed by atoms with E-state index < -0.39 is 0 Å². The van der Waals surface area contributed by atoms with Gasteiger partial charge in [0.05, 0.1) is 5.69 Å². The number of rotatable bonds is 6. The van der Waals surface area contributed by atoms with Crippen LogP contribution in [0.5, 0.6) is 0 Å². The Hall–Kier alpha value is -3.48. The van der Waals surface area contributed by atoms with Gasteiger partial charge in [0.15, 0.2) is 0 Å². The Balaban J connectivity index is 1.28. The maximum atomic E-state index is 12.6. The number of aryl methyl sites for hydroxylation is 2. The molecule has 0 radical (unpaired) electrons. The van der Waals surface area contributed by atoms with Crippen molar-refractivity contribution in [3.05, 3.63) is 64.7 Å². The number of nitrogens with one attached hydrogen (secondary N) is 1. The second-order valence-electron chi connectivity index (χ2n) is 8.74. The molecule has 1 N–H and O–H groups in total. The molecule has 0 atom stereocenters. The summed E-state index contributed by atoms with van der Waals surface area (Å²) in [6.07, 6.45) is 2.40. The number of hydrogen-bond donors (Lipinski definition) is 1. The summed E-state index contributed by atoms with van der Waals surface area (Å²) in [5, 5.41) is 8.56. The van der Waals surface area contributed by atoms with Crippen LogP contribution in [-0.2, 0) is 27.3 Å². The fourth-order valence-corrected chi connectivity index (χ4v) is 4.26. The Kier molecular flexibility index (Phi) is 6.87. The predicted molar refractivity (Wildman–Crippen MR) is 128 cm³/mol. The van der Waals surface area contributed by atoms with Gasteiger partial charge in [-0.05, 0) is 55.0 Å². The molecular weight excluding hydrogens is 416 g/mol. The molecule has 0 unspecified atom stereocenters. The van der Waals surface area contributed by atoms with Crippen LogP contribution in [0, 0.1) is 13.8 Å². The monoisotopic (exact) mass is 446 g/mol. The zero-order valence-corrected chi connectivity index (χ0v) is 19.3. The number of hydrazone groups is 1. The molecule has 0 saturated carbocycles. The summed E-state index contributed by atoms with van der Waals surface area (Å²) in [7, 11) is 0. The standard InChI is InChI=1S/C26H30N4O3/c1-18-9-10-19(2)23(16-18)30-25(32)12-11-22(28-30)26(33)27-14-5-8-24(31)29-15-13-20-6-3-4-7-21(20)17-29/h3-4,6-7,9-10,16H,5,8,11-15,17H2,1-2H3,(H,27,33). The topological polar surface area (TPSA) is 82.1 Å². The average Bonchev–Trinajstić information content (AvgIpc) is 2.83. The van der Waals surface area contributed by atoms with Crippen LogP contribution in [0.1, 0.15) is 47.9 Å². The normalized spacial score (nSPS) is 15.7. The third-order valence-corrected chi connectivity index (χ3v) is 6.22. The first kappa shape index (κ1) is 22.7. The van der Waals surface area contributed by atoms with Crippen molar-refractivity contribution in [2.45, 2.75) is 52.5 Å². The minimum absolute atomic E-state index is 0.112. The van der Waals surface area contributed by atoms with Gasteiger partial charge in [-0.2, -0.15) is 5.10 Å². The summed E-state index contributed by atoms with van der Waals surface area (Å²) in [6, 6.07) is 14.1. The van der Waals surface area contributed by atoms with Crippen LogP contribution in [0.15, 0.2) is 47.6 Å². The van der Waals surface area contributed by atoms with E-state index in [-0.39, 0.29) is 24.1 Å². The van der Waals surface area contributed by atoms with Crippen LogP contribution in [0.2, 0.25) is 0 Å². The maximum absolute atomic E-state index is 12.6. The lowest BCUT2D eigenvalue weighted by Gasteiger charge is -2.29. The Bertz CT molecular complexity index is 1110. The number of carbonyl (C=O) groups excluding carboxylic acids is 3. The molecule has 2 aliphatic rings. The smallest absolute Gasteiger partial charge is 0.267 e. The molecule has 2 heterocycles. The fraction of sp³-hybridized carbons (Fsp3) is 0.385. The van der Waals surface area contributed by atoms with Gasteiger partial charge in [-0.25, -0.2) is 5.01 Å². The van der Waals surface area contributed by atoms with E-state index in [1.54, 1.807) is 0 Å². The number of amides is 3. The molecule has 7 nitrogen and oxygen atoms in total. The Morgan fingerprint density at radius 3 is 2.64 bits per heavy atom. The van der Waals surface area contributed by atoms with Crippen LogP contribution in [-0.4, -0.2) is 41.4 Å². The van der Waals surface area contributed by atoms with Crippen molar-refractivity contribution in [2.75, 3.05) is 18.1 Å². The number of benzene rings is 2. The molecule has 3 amide bonds. The van der Waals surface area contributed by atoms with Gasteiger partial charge in [0.25, 0.3) is 5.91 Å². The molecule has 172 valence electrons. The van der Waals surface area contributed by atoms with E-state index in [1.807, 2.05) is 49.1 Å². The second-order valence-corrected chi connectivity index (χ2v) is 8.74. The molecule has 0 aliphatic carbocycles.